The highest BCUT2D eigenvalue weighted by atomic mass is 32.1. The molecule has 0 radical (unpaired) electrons. The summed E-state index contributed by atoms with van der Waals surface area (Å²) in [6.45, 7) is 11.1. The zero-order valence-electron chi connectivity index (χ0n) is 18.1. The zero-order valence-corrected chi connectivity index (χ0v) is 18.9. The Morgan fingerprint density at radius 3 is 2.71 bits per heavy atom. The van der Waals surface area contributed by atoms with E-state index in [0.29, 0.717) is 41.9 Å². The van der Waals surface area contributed by atoms with Gasteiger partial charge in [0.25, 0.3) is 0 Å². The summed E-state index contributed by atoms with van der Waals surface area (Å²) in [5.41, 5.74) is 7.25. The molecule has 2 aromatic heterocycles. The van der Waals surface area contributed by atoms with Gasteiger partial charge in [0.1, 0.15) is 0 Å². The quantitative estimate of drug-likeness (QED) is 0.270. The Morgan fingerprint density at radius 2 is 2.00 bits per heavy atom. The third-order valence-corrected chi connectivity index (χ3v) is 5.92. The van der Waals surface area contributed by atoms with Gasteiger partial charge in [-0.1, -0.05) is 26.8 Å². The van der Waals surface area contributed by atoms with E-state index in [1.807, 2.05) is 0 Å². The number of anilines is 2. The molecule has 9 heteroatoms. The molecule has 31 heavy (non-hydrogen) atoms. The highest BCUT2D eigenvalue weighted by Crippen LogP contribution is 2.41. The second-order valence-electron chi connectivity index (χ2n) is 7.90. The number of methoxy groups -OCH3 is 1. The maximum Gasteiger partial charge on any atom is 0.223 e. The predicted octanol–water partition coefficient (Wildman–Crippen LogP) is 4.41. The van der Waals surface area contributed by atoms with Gasteiger partial charge in [0.05, 0.1) is 34.1 Å². The number of nitrogens with two attached hydrogens (primary N) is 1. The molecule has 0 spiro atoms. The van der Waals surface area contributed by atoms with Crippen LogP contribution in [0.3, 0.4) is 0 Å². The number of hydrogen-bond acceptors (Lipinski definition) is 8. The molecule has 4 N–H and O–H groups in total. The summed E-state index contributed by atoms with van der Waals surface area (Å²) >= 11 is 1.50. The van der Waals surface area contributed by atoms with Gasteiger partial charge in [0.2, 0.25) is 5.95 Å². The number of nitrogens with one attached hydrogen (secondary N) is 2. The molecule has 7 nitrogen and oxygen atoms in total. The number of halogens is 1. The number of hydrogen-bond donors (Lipinski definition) is 3. The molecule has 0 aliphatic heterocycles. The van der Waals surface area contributed by atoms with E-state index < -0.39 is 5.82 Å². The summed E-state index contributed by atoms with van der Waals surface area (Å²) in [6, 6.07) is 6.74. The van der Waals surface area contributed by atoms with Gasteiger partial charge in [-0.15, -0.1) is 11.3 Å². The molecule has 0 atom stereocenters. The van der Waals surface area contributed by atoms with Gasteiger partial charge in [-0.2, -0.15) is 0 Å². The molecule has 0 aliphatic rings. The lowest BCUT2D eigenvalue weighted by Crippen LogP contribution is -2.22. The summed E-state index contributed by atoms with van der Waals surface area (Å²) in [5, 5.41) is 7.06. The second-order valence-corrected chi connectivity index (χ2v) is 8.90. The van der Waals surface area contributed by atoms with Crippen LogP contribution in [-0.4, -0.2) is 35.2 Å². The first-order valence-electron chi connectivity index (χ1n) is 9.80. The van der Waals surface area contributed by atoms with Crippen LogP contribution in [0.1, 0.15) is 25.8 Å². The van der Waals surface area contributed by atoms with E-state index >= 15 is 0 Å². The summed E-state index contributed by atoms with van der Waals surface area (Å²) < 4.78 is 19.8. The van der Waals surface area contributed by atoms with Crippen molar-refractivity contribution in [3.05, 3.63) is 53.7 Å². The van der Waals surface area contributed by atoms with Crippen LogP contribution in [0.5, 0.6) is 0 Å². The lowest BCUT2D eigenvalue weighted by molar-refractivity contribution is 0.265. The number of nitrogen functional groups attached to an aromatic ring is 1. The number of aromatic nitrogens is 3. The third-order valence-electron chi connectivity index (χ3n) is 4.42. The Hall–Kier alpha value is -3.20. The van der Waals surface area contributed by atoms with Gasteiger partial charge in [0.15, 0.2) is 11.7 Å². The van der Waals surface area contributed by atoms with E-state index in [9.17, 15) is 4.39 Å². The first-order valence-corrected chi connectivity index (χ1v) is 10.6. The molecule has 0 amide bonds. The van der Waals surface area contributed by atoms with Gasteiger partial charge >= 0.3 is 0 Å². The van der Waals surface area contributed by atoms with Crippen molar-refractivity contribution in [2.75, 3.05) is 31.2 Å². The lowest BCUT2D eigenvalue weighted by Gasteiger charge is -2.13. The van der Waals surface area contributed by atoms with Crippen molar-refractivity contribution in [1.82, 2.24) is 20.3 Å². The molecule has 0 saturated heterocycles. The molecule has 1 aromatic carbocycles. The molecule has 0 bridgehead atoms. The van der Waals surface area contributed by atoms with Gasteiger partial charge in [-0.3, -0.25) is 0 Å². The van der Waals surface area contributed by atoms with E-state index in [1.54, 1.807) is 31.5 Å². The predicted molar refractivity (Wildman–Crippen MR) is 124 cm³/mol. The minimum absolute atomic E-state index is 0.0870. The Labute approximate surface area is 185 Å². The molecule has 0 aliphatic carbocycles. The van der Waals surface area contributed by atoms with Crippen LogP contribution in [-0.2, 0) is 10.2 Å². The largest absolute Gasteiger partial charge is 0.483 e. The summed E-state index contributed by atoms with van der Waals surface area (Å²) in [5.74, 6) is 0.475. The normalized spacial score (nSPS) is 11.3. The molecule has 0 fully saturated rings. The minimum atomic E-state index is -0.480. The molecule has 164 valence electrons. The average molecular weight is 443 g/mol. The average Bonchev–Trinajstić information content (AvgIpc) is 3.19. The fourth-order valence-electron chi connectivity index (χ4n) is 2.75. The van der Waals surface area contributed by atoms with Crippen molar-refractivity contribution in [2.24, 2.45) is 0 Å². The maximum absolute atomic E-state index is 14.8. The number of rotatable bonds is 8. The van der Waals surface area contributed by atoms with Crippen LogP contribution >= 0.6 is 11.3 Å². The molecular weight excluding hydrogens is 415 g/mol. The first-order chi connectivity index (χ1) is 14.7. The highest BCUT2D eigenvalue weighted by molar-refractivity contribution is 7.15. The van der Waals surface area contributed by atoms with E-state index in [4.69, 9.17) is 15.5 Å². The van der Waals surface area contributed by atoms with Crippen molar-refractivity contribution in [2.45, 2.75) is 26.2 Å². The topological polar surface area (TPSA) is 98.0 Å². The van der Waals surface area contributed by atoms with Crippen molar-refractivity contribution in [1.29, 1.82) is 0 Å². The molecule has 2 heterocycles. The van der Waals surface area contributed by atoms with Crippen molar-refractivity contribution in [3.8, 4) is 21.8 Å². The van der Waals surface area contributed by atoms with Gasteiger partial charge < -0.3 is 21.1 Å². The van der Waals surface area contributed by atoms with Crippen molar-refractivity contribution >= 4 is 23.0 Å². The van der Waals surface area contributed by atoms with Gasteiger partial charge in [-0.05, 0) is 24.8 Å². The van der Waals surface area contributed by atoms with Crippen molar-refractivity contribution in [3.63, 3.8) is 0 Å². The Kier molecular flexibility index (Phi) is 6.74. The number of thiazole rings is 1. The number of nitrogens with zero attached hydrogens (tertiary/aromatic N) is 3. The second kappa shape index (κ2) is 9.30. The fraction of sp³-hybridized carbons (Fsp3) is 0.318. The van der Waals surface area contributed by atoms with E-state index in [2.05, 4.69) is 48.0 Å². The van der Waals surface area contributed by atoms with Crippen LogP contribution in [0.25, 0.3) is 21.8 Å². The highest BCUT2D eigenvalue weighted by Gasteiger charge is 2.25. The number of ether oxygens (including phenoxy) is 1. The van der Waals surface area contributed by atoms with Gasteiger partial charge in [-0.25, -0.2) is 19.3 Å². The maximum atomic E-state index is 14.8. The van der Waals surface area contributed by atoms with Crippen molar-refractivity contribution < 1.29 is 9.13 Å². The van der Waals surface area contributed by atoms with E-state index in [1.165, 1.54) is 17.4 Å². The Bertz CT molecular complexity index is 1080. The van der Waals surface area contributed by atoms with E-state index in [0.717, 1.165) is 9.88 Å². The van der Waals surface area contributed by atoms with Gasteiger partial charge in [0, 0.05) is 30.3 Å². The summed E-state index contributed by atoms with van der Waals surface area (Å²) in [6.07, 6.45) is 1.67. The van der Waals surface area contributed by atoms with Crippen LogP contribution in [0, 0.1) is 5.82 Å². The van der Waals surface area contributed by atoms with Crippen LogP contribution in [0.4, 0.5) is 16.0 Å². The number of benzene rings is 1. The van der Waals surface area contributed by atoms with Crippen LogP contribution in [0.15, 0.2) is 42.9 Å². The standard InChI is InChI=1S/C22H27FN6OS/c1-13(30-5)25-11-12-27-21-26-10-9-16(28-21)19-18(29-20(31-19)22(2,3)4)14-7-6-8-15(24)17(14)23/h6-10,25H,1,11-12,24H2,2-5H3,(H,26,27,28). The summed E-state index contributed by atoms with van der Waals surface area (Å²) in [7, 11) is 1.55. The third kappa shape index (κ3) is 5.29. The Morgan fingerprint density at radius 1 is 1.23 bits per heavy atom. The Balaban J connectivity index is 1.96. The van der Waals surface area contributed by atoms with Crippen LogP contribution in [0.2, 0.25) is 0 Å². The molecule has 0 unspecified atom stereocenters. The first kappa shape index (κ1) is 22.5. The lowest BCUT2D eigenvalue weighted by atomic mass is 9.98. The fourth-order valence-corrected chi connectivity index (χ4v) is 3.86. The monoisotopic (exact) mass is 442 g/mol. The zero-order chi connectivity index (χ0) is 22.6. The smallest absolute Gasteiger partial charge is 0.223 e. The molecule has 3 aromatic rings. The van der Waals surface area contributed by atoms with Crippen LogP contribution < -0.4 is 16.4 Å². The molecule has 0 saturated carbocycles. The summed E-state index contributed by atoms with van der Waals surface area (Å²) in [4.78, 5) is 14.4. The molecule has 3 rings (SSSR count). The minimum Gasteiger partial charge on any atom is -0.483 e. The SMILES string of the molecule is C=C(NCCNc1nccc(-c2sc(C(C)(C)C)nc2-c2cccc(N)c2F)n1)OC. The van der Waals surface area contributed by atoms with E-state index in [-0.39, 0.29) is 11.1 Å². The molecular formula is C22H27FN6OS.